The zero-order chi connectivity index (χ0) is 16.4. The second-order valence-electron chi connectivity index (χ2n) is 6.48. The van der Waals surface area contributed by atoms with Crippen LogP contribution >= 0.6 is 12.4 Å². The molecule has 134 valence electrons. The minimum absolute atomic E-state index is 0. The van der Waals surface area contributed by atoms with E-state index < -0.39 is 11.6 Å². The number of carbonyl (C=O) groups is 1. The second-order valence-corrected chi connectivity index (χ2v) is 6.48. The van der Waals surface area contributed by atoms with Crippen molar-refractivity contribution in [3.63, 3.8) is 0 Å². The third kappa shape index (κ3) is 4.16. The van der Waals surface area contributed by atoms with E-state index in [1.54, 1.807) is 0 Å². The topological polar surface area (TPSA) is 35.6 Å². The Labute approximate surface area is 147 Å². The average Bonchev–Trinajstić information content (AvgIpc) is 2.56. The van der Waals surface area contributed by atoms with Crippen molar-refractivity contribution in [2.45, 2.75) is 25.8 Å². The minimum atomic E-state index is -0.441. The Morgan fingerprint density at radius 3 is 2.58 bits per heavy atom. The molecule has 0 aromatic heterocycles. The monoisotopic (exact) mass is 359 g/mol. The number of halogens is 3. The van der Waals surface area contributed by atoms with Gasteiger partial charge in [0, 0.05) is 44.2 Å². The molecule has 2 aliphatic rings. The number of hydrogen-bond donors (Lipinski definition) is 1. The molecule has 2 saturated heterocycles. The summed E-state index contributed by atoms with van der Waals surface area (Å²) in [6, 6.07) is 3.87. The normalized spacial score (nSPS) is 24.5. The van der Waals surface area contributed by atoms with E-state index in [4.69, 9.17) is 0 Å². The molecule has 0 saturated carbocycles. The van der Waals surface area contributed by atoms with Crippen LogP contribution in [0.15, 0.2) is 18.2 Å². The number of amides is 1. The summed E-state index contributed by atoms with van der Waals surface area (Å²) in [7, 11) is 0. The zero-order valence-corrected chi connectivity index (χ0v) is 14.6. The van der Waals surface area contributed by atoms with Crippen molar-refractivity contribution in [2.75, 3.05) is 37.6 Å². The lowest BCUT2D eigenvalue weighted by atomic mass is 9.92. The van der Waals surface area contributed by atoms with Gasteiger partial charge in [0.05, 0.1) is 5.69 Å². The molecular formula is C17H24ClF2N3O. The summed E-state index contributed by atoms with van der Waals surface area (Å²) in [5, 5.41) is 3.35. The third-order valence-corrected chi connectivity index (χ3v) is 4.81. The van der Waals surface area contributed by atoms with Gasteiger partial charge in [0.1, 0.15) is 11.6 Å². The van der Waals surface area contributed by atoms with Crippen LogP contribution in [0.4, 0.5) is 14.5 Å². The van der Waals surface area contributed by atoms with E-state index in [0.29, 0.717) is 32.2 Å². The van der Waals surface area contributed by atoms with Gasteiger partial charge in [-0.1, -0.05) is 0 Å². The first-order valence-corrected chi connectivity index (χ1v) is 8.27. The number of nitrogens with one attached hydrogen (secondary N) is 1. The summed E-state index contributed by atoms with van der Waals surface area (Å²) in [5.41, 5.74) is 0.285. The Hall–Kier alpha value is -1.40. The van der Waals surface area contributed by atoms with E-state index in [9.17, 15) is 13.6 Å². The first-order valence-electron chi connectivity index (χ1n) is 8.27. The smallest absolute Gasteiger partial charge is 0.225 e. The fourth-order valence-corrected chi connectivity index (χ4v) is 3.51. The van der Waals surface area contributed by atoms with Crippen LogP contribution in [0.25, 0.3) is 0 Å². The maximum absolute atomic E-state index is 13.8. The Balaban J connectivity index is 0.00000208. The highest BCUT2D eigenvalue weighted by Crippen LogP contribution is 2.24. The van der Waals surface area contributed by atoms with E-state index in [1.807, 2.05) is 9.80 Å². The molecule has 7 heteroatoms. The number of carbonyl (C=O) groups excluding carboxylic acids is 1. The molecule has 0 unspecified atom stereocenters. The summed E-state index contributed by atoms with van der Waals surface area (Å²) in [4.78, 5) is 16.3. The standard InChI is InChI=1S/C17H23F2N3O.ClH/c1-12-10-13(4-5-20-12)17(23)22-8-6-21(7-9-22)16-11-14(18)2-3-15(16)19;/h2-3,11-13,20H,4-10H2,1H3;1H/t12-,13-;/m0./s1. The summed E-state index contributed by atoms with van der Waals surface area (Å²) in [5.74, 6) is -0.566. The van der Waals surface area contributed by atoms with E-state index in [0.717, 1.165) is 31.5 Å². The van der Waals surface area contributed by atoms with Crippen molar-refractivity contribution in [1.29, 1.82) is 0 Å². The predicted octanol–water partition coefficient (Wildman–Crippen LogP) is 2.42. The molecule has 1 N–H and O–H groups in total. The highest BCUT2D eigenvalue weighted by atomic mass is 35.5. The maximum Gasteiger partial charge on any atom is 0.225 e. The molecule has 2 atom stereocenters. The Kier molecular flexibility index (Phi) is 6.40. The van der Waals surface area contributed by atoms with Gasteiger partial charge in [-0.05, 0) is 38.4 Å². The first-order chi connectivity index (χ1) is 11.0. The second kappa shape index (κ2) is 8.12. The van der Waals surface area contributed by atoms with Crippen LogP contribution in [0.2, 0.25) is 0 Å². The lowest BCUT2D eigenvalue weighted by Gasteiger charge is -2.39. The van der Waals surface area contributed by atoms with Gasteiger partial charge in [0.2, 0.25) is 5.91 Å². The van der Waals surface area contributed by atoms with Crippen molar-refractivity contribution in [2.24, 2.45) is 5.92 Å². The van der Waals surface area contributed by atoms with Gasteiger partial charge in [-0.15, -0.1) is 12.4 Å². The number of benzene rings is 1. The Bertz CT molecular complexity index is 579. The largest absolute Gasteiger partial charge is 0.366 e. The highest BCUT2D eigenvalue weighted by molar-refractivity contribution is 5.85. The SMILES string of the molecule is C[C@H]1C[C@@H](C(=O)N2CCN(c3cc(F)ccc3F)CC2)CCN1.Cl. The van der Waals surface area contributed by atoms with Gasteiger partial charge in [0.25, 0.3) is 0 Å². The van der Waals surface area contributed by atoms with Crippen molar-refractivity contribution in [3.8, 4) is 0 Å². The molecule has 3 rings (SSSR count). The molecule has 0 radical (unpaired) electrons. The molecule has 2 aliphatic heterocycles. The highest BCUT2D eigenvalue weighted by Gasteiger charge is 2.30. The third-order valence-electron chi connectivity index (χ3n) is 4.81. The fraction of sp³-hybridized carbons (Fsp3) is 0.588. The van der Waals surface area contributed by atoms with Crippen LogP contribution < -0.4 is 10.2 Å². The molecule has 4 nitrogen and oxygen atoms in total. The van der Waals surface area contributed by atoms with E-state index in [1.165, 1.54) is 6.07 Å². The van der Waals surface area contributed by atoms with Gasteiger partial charge >= 0.3 is 0 Å². The molecule has 1 aromatic rings. The maximum atomic E-state index is 13.8. The van der Waals surface area contributed by atoms with Gasteiger partial charge in [-0.3, -0.25) is 4.79 Å². The number of anilines is 1. The molecule has 0 bridgehead atoms. The molecule has 0 aliphatic carbocycles. The molecule has 2 heterocycles. The molecule has 2 fully saturated rings. The summed E-state index contributed by atoms with van der Waals surface area (Å²) >= 11 is 0. The lowest BCUT2D eigenvalue weighted by Crippen LogP contribution is -2.52. The van der Waals surface area contributed by atoms with Crippen LogP contribution in [0.1, 0.15) is 19.8 Å². The van der Waals surface area contributed by atoms with Crippen molar-refractivity contribution in [3.05, 3.63) is 29.8 Å². The first kappa shape index (κ1) is 18.9. The van der Waals surface area contributed by atoms with Gasteiger partial charge in [-0.25, -0.2) is 8.78 Å². The average molecular weight is 360 g/mol. The quantitative estimate of drug-likeness (QED) is 0.881. The fourth-order valence-electron chi connectivity index (χ4n) is 3.51. The van der Waals surface area contributed by atoms with Gasteiger partial charge < -0.3 is 15.1 Å². The molecule has 24 heavy (non-hydrogen) atoms. The van der Waals surface area contributed by atoms with Gasteiger partial charge in [0.15, 0.2) is 0 Å². The zero-order valence-electron chi connectivity index (χ0n) is 13.8. The molecule has 1 aromatic carbocycles. The van der Waals surface area contributed by atoms with Gasteiger partial charge in [-0.2, -0.15) is 0 Å². The van der Waals surface area contributed by atoms with Crippen LogP contribution in [0.5, 0.6) is 0 Å². The lowest BCUT2D eigenvalue weighted by molar-refractivity contribution is -0.137. The van der Waals surface area contributed by atoms with Crippen LogP contribution in [0, 0.1) is 17.6 Å². The number of piperazine rings is 1. The van der Waals surface area contributed by atoms with Crippen LogP contribution in [-0.4, -0.2) is 49.6 Å². The summed E-state index contributed by atoms with van der Waals surface area (Å²) < 4.78 is 27.2. The van der Waals surface area contributed by atoms with Crippen LogP contribution in [-0.2, 0) is 4.79 Å². The molecular weight excluding hydrogens is 336 g/mol. The van der Waals surface area contributed by atoms with E-state index >= 15 is 0 Å². The number of rotatable bonds is 2. The number of piperidine rings is 1. The predicted molar refractivity (Wildman–Crippen MR) is 92.6 cm³/mol. The minimum Gasteiger partial charge on any atom is -0.366 e. The van der Waals surface area contributed by atoms with E-state index in [2.05, 4.69) is 12.2 Å². The number of nitrogens with zero attached hydrogens (tertiary/aromatic N) is 2. The Morgan fingerprint density at radius 2 is 1.92 bits per heavy atom. The van der Waals surface area contributed by atoms with Crippen molar-refractivity contribution in [1.82, 2.24) is 10.2 Å². The van der Waals surface area contributed by atoms with E-state index in [-0.39, 0.29) is 29.9 Å². The molecule has 0 spiro atoms. The summed E-state index contributed by atoms with van der Waals surface area (Å²) in [6.07, 6.45) is 1.75. The van der Waals surface area contributed by atoms with Crippen molar-refractivity contribution >= 4 is 24.0 Å². The van der Waals surface area contributed by atoms with Crippen LogP contribution in [0.3, 0.4) is 0 Å². The van der Waals surface area contributed by atoms with Crippen molar-refractivity contribution < 1.29 is 13.6 Å². The Morgan fingerprint density at radius 1 is 1.21 bits per heavy atom. The molecule has 1 amide bonds. The summed E-state index contributed by atoms with van der Waals surface area (Å²) in [6.45, 7) is 5.18. The number of hydrogen-bond acceptors (Lipinski definition) is 3.